The Kier molecular flexibility index (Phi) is 8.48. The largest absolute Gasteiger partial charge is 0.381 e. The number of halogens is 1. The second-order valence-corrected chi connectivity index (χ2v) is 8.81. The number of pyridine rings is 1. The molecule has 0 saturated heterocycles. The van der Waals surface area contributed by atoms with Crippen LogP contribution >= 0.6 is 0 Å². The normalized spacial score (nSPS) is 11.6. The third kappa shape index (κ3) is 6.51. The van der Waals surface area contributed by atoms with E-state index in [4.69, 9.17) is 0 Å². The number of likely N-dealkylation sites (N-methyl/N-ethyl adjacent to an activating group) is 1. The highest BCUT2D eigenvalue weighted by Crippen LogP contribution is 2.21. The first-order chi connectivity index (χ1) is 18.0. The topological polar surface area (TPSA) is 75.2 Å². The first-order valence-corrected chi connectivity index (χ1v) is 12.3. The third-order valence-corrected chi connectivity index (χ3v) is 6.25. The average molecular weight is 499 g/mol. The van der Waals surface area contributed by atoms with Crippen molar-refractivity contribution in [2.45, 2.75) is 32.5 Å². The van der Waals surface area contributed by atoms with Crippen LogP contribution in [0.25, 0.3) is 11.3 Å². The summed E-state index contributed by atoms with van der Waals surface area (Å²) >= 11 is 0. The number of amides is 1. The Hall–Kier alpha value is -4.23. The van der Waals surface area contributed by atoms with E-state index in [9.17, 15) is 14.0 Å². The number of aromatic nitrogens is 1. The first kappa shape index (κ1) is 25.9. The van der Waals surface area contributed by atoms with Gasteiger partial charge in [-0.15, -0.1) is 0 Å². The maximum Gasteiger partial charge on any atom is 0.275 e. The van der Waals surface area contributed by atoms with Crippen molar-refractivity contribution in [3.8, 4) is 11.3 Å². The second-order valence-electron chi connectivity index (χ2n) is 8.81. The first-order valence-electron chi connectivity index (χ1n) is 12.3. The Morgan fingerprint density at radius 1 is 0.919 bits per heavy atom. The summed E-state index contributed by atoms with van der Waals surface area (Å²) in [4.78, 5) is 26.3. The van der Waals surface area contributed by atoms with Gasteiger partial charge in [0.2, 0.25) is 5.91 Å². The lowest BCUT2D eigenvalue weighted by molar-refractivity contribution is -0.118. The molecular formula is C30H31FN4O2. The standard InChI is InChI=1S/C30H31FN4O2/c1-3-26(32-2)29(36)34-27-16-17-28(23-9-5-4-6-10-23)35(30(27)37)20-22-8-7-11-25(18-22)33-19-21-12-14-24(31)15-13-21/h4-18,26,32-33H,3,19-20H2,1-2H3,(H,34,36)/t26-/m0/s1. The third-order valence-electron chi connectivity index (χ3n) is 6.25. The van der Waals surface area contributed by atoms with Gasteiger partial charge in [-0.05, 0) is 66.6 Å². The Bertz CT molecular complexity index is 1400. The molecule has 3 N–H and O–H groups in total. The van der Waals surface area contributed by atoms with Crippen LogP contribution in [-0.4, -0.2) is 23.6 Å². The number of carbonyl (C=O) groups is 1. The summed E-state index contributed by atoms with van der Waals surface area (Å²) in [5.74, 6) is -0.506. The lowest BCUT2D eigenvalue weighted by Gasteiger charge is -2.18. The zero-order valence-corrected chi connectivity index (χ0v) is 21.0. The molecule has 190 valence electrons. The fourth-order valence-electron chi connectivity index (χ4n) is 4.20. The highest BCUT2D eigenvalue weighted by atomic mass is 19.1. The molecule has 0 radical (unpaired) electrons. The Balaban J connectivity index is 1.63. The molecule has 0 fully saturated rings. The second kappa shape index (κ2) is 12.1. The van der Waals surface area contributed by atoms with Crippen LogP contribution in [0.2, 0.25) is 0 Å². The number of carbonyl (C=O) groups excluding carboxylic acids is 1. The number of nitrogens with zero attached hydrogens (tertiary/aromatic N) is 1. The predicted octanol–water partition coefficient (Wildman–Crippen LogP) is 5.25. The molecule has 0 aliphatic carbocycles. The van der Waals surface area contributed by atoms with E-state index in [-0.39, 0.29) is 29.0 Å². The molecule has 1 aromatic heterocycles. The lowest BCUT2D eigenvalue weighted by Crippen LogP contribution is -2.39. The van der Waals surface area contributed by atoms with Gasteiger partial charge in [-0.1, -0.05) is 61.5 Å². The van der Waals surface area contributed by atoms with Crippen molar-refractivity contribution < 1.29 is 9.18 Å². The molecule has 37 heavy (non-hydrogen) atoms. The van der Waals surface area contributed by atoms with Crippen LogP contribution in [0.5, 0.6) is 0 Å². The molecule has 0 unspecified atom stereocenters. The SMILES string of the molecule is CC[C@H](NC)C(=O)Nc1ccc(-c2ccccc2)n(Cc2cccc(NCc3ccc(F)cc3)c2)c1=O. The molecule has 3 aromatic carbocycles. The molecule has 0 spiro atoms. The maximum absolute atomic E-state index is 13.6. The van der Waals surface area contributed by atoms with Gasteiger partial charge in [0.05, 0.1) is 18.3 Å². The predicted molar refractivity (Wildman–Crippen MR) is 147 cm³/mol. The van der Waals surface area contributed by atoms with Crippen molar-refractivity contribution in [2.75, 3.05) is 17.7 Å². The number of benzene rings is 3. The van der Waals surface area contributed by atoms with Gasteiger partial charge < -0.3 is 20.5 Å². The van der Waals surface area contributed by atoms with Crippen LogP contribution in [0.1, 0.15) is 24.5 Å². The molecule has 1 amide bonds. The highest BCUT2D eigenvalue weighted by molar-refractivity contribution is 5.94. The zero-order chi connectivity index (χ0) is 26.2. The van der Waals surface area contributed by atoms with E-state index >= 15 is 0 Å². The van der Waals surface area contributed by atoms with Gasteiger partial charge in [0, 0.05) is 12.2 Å². The number of anilines is 2. The highest BCUT2D eigenvalue weighted by Gasteiger charge is 2.18. The van der Waals surface area contributed by atoms with Crippen molar-refractivity contribution >= 4 is 17.3 Å². The van der Waals surface area contributed by atoms with E-state index in [1.54, 1.807) is 29.8 Å². The molecule has 0 saturated carbocycles. The lowest BCUT2D eigenvalue weighted by atomic mass is 10.1. The van der Waals surface area contributed by atoms with Gasteiger partial charge in [0.25, 0.3) is 5.56 Å². The van der Waals surface area contributed by atoms with Gasteiger partial charge in [0.15, 0.2) is 0 Å². The van der Waals surface area contributed by atoms with Crippen molar-refractivity contribution in [1.29, 1.82) is 0 Å². The number of hydrogen-bond acceptors (Lipinski definition) is 4. The summed E-state index contributed by atoms with van der Waals surface area (Å²) in [5.41, 5.74) is 4.41. The number of hydrogen-bond donors (Lipinski definition) is 3. The molecule has 0 aliphatic rings. The van der Waals surface area contributed by atoms with Crippen LogP contribution < -0.4 is 21.5 Å². The zero-order valence-electron chi connectivity index (χ0n) is 21.0. The molecule has 1 atom stereocenters. The quantitative estimate of drug-likeness (QED) is 0.279. The van der Waals surface area contributed by atoms with Crippen molar-refractivity contribution in [1.82, 2.24) is 9.88 Å². The maximum atomic E-state index is 13.6. The van der Waals surface area contributed by atoms with Crippen molar-refractivity contribution in [3.05, 3.63) is 118 Å². The van der Waals surface area contributed by atoms with E-state index in [1.165, 1.54) is 12.1 Å². The van der Waals surface area contributed by atoms with Crippen molar-refractivity contribution in [2.24, 2.45) is 0 Å². The average Bonchev–Trinajstić information content (AvgIpc) is 2.92. The minimum absolute atomic E-state index is 0.240. The smallest absolute Gasteiger partial charge is 0.275 e. The van der Waals surface area contributed by atoms with Crippen LogP contribution in [-0.2, 0) is 17.9 Å². The van der Waals surface area contributed by atoms with E-state index < -0.39 is 0 Å². The minimum atomic E-state index is -0.384. The summed E-state index contributed by atoms with van der Waals surface area (Å²) in [5, 5.41) is 9.12. The molecule has 1 heterocycles. The summed E-state index contributed by atoms with van der Waals surface area (Å²) in [7, 11) is 1.72. The summed E-state index contributed by atoms with van der Waals surface area (Å²) < 4.78 is 14.9. The molecule has 7 heteroatoms. The number of nitrogens with one attached hydrogen (secondary N) is 3. The van der Waals surface area contributed by atoms with Gasteiger partial charge in [0.1, 0.15) is 11.5 Å². The Labute approximate surface area is 216 Å². The van der Waals surface area contributed by atoms with Crippen LogP contribution in [0, 0.1) is 5.82 Å². The fraction of sp³-hybridized carbons (Fsp3) is 0.200. The summed E-state index contributed by atoms with van der Waals surface area (Å²) in [6.45, 7) is 2.78. The minimum Gasteiger partial charge on any atom is -0.381 e. The molecular weight excluding hydrogens is 467 g/mol. The van der Waals surface area contributed by atoms with Crippen LogP contribution in [0.4, 0.5) is 15.8 Å². The van der Waals surface area contributed by atoms with Gasteiger partial charge in [-0.3, -0.25) is 9.59 Å². The summed E-state index contributed by atoms with van der Waals surface area (Å²) in [6, 6.07) is 27.1. The summed E-state index contributed by atoms with van der Waals surface area (Å²) in [6.07, 6.45) is 0.607. The Morgan fingerprint density at radius 3 is 2.38 bits per heavy atom. The number of rotatable bonds is 10. The Morgan fingerprint density at radius 2 is 1.68 bits per heavy atom. The fourth-order valence-corrected chi connectivity index (χ4v) is 4.20. The van der Waals surface area contributed by atoms with E-state index in [0.717, 1.165) is 28.1 Å². The molecule has 4 aromatic rings. The van der Waals surface area contributed by atoms with Crippen molar-refractivity contribution in [3.63, 3.8) is 0 Å². The van der Waals surface area contributed by atoms with Gasteiger partial charge in [-0.25, -0.2) is 4.39 Å². The van der Waals surface area contributed by atoms with E-state index in [2.05, 4.69) is 16.0 Å². The van der Waals surface area contributed by atoms with Crippen LogP contribution in [0.3, 0.4) is 0 Å². The van der Waals surface area contributed by atoms with E-state index in [1.807, 2.05) is 67.6 Å². The van der Waals surface area contributed by atoms with Crippen LogP contribution in [0.15, 0.2) is 95.8 Å². The molecule has 0 aliphatic heterocycles. The van der Waals surface area contributed by atoms with E-state index in [0.29, 0.717) is 19.5 Å². The van der Waals surface area contributed by atoms with Gasteiger partial charge in [-0.2, -0.15) is 0 Å². The molecule has 4 rings (SSSR count). The molecule has 0 bridgehead atoms. The monoisotopic (exact) mass is 498 g/mol. The molecule has 6 nitrogen and oxygen atoms in total. The van der Waals surface area contributed by atoms with Gasteiger partial charge >= 0.3 is 0 Å².